The molecule has 28 heavy (non-hydrogen) atoms. The molecule has 0 radical (unpaired) electrons. The first-order valence-corrected chi connectivity index (χ1v) is 8.15. The first-order chi connectivity index (χ1) is 13.2. The van der Waals surface area contributed by atoms with E-state index in [0.717, 1.165) is 12.3 Å². The lowest BCUT2D eigenvalue weighted by molar-refractivity contribution is -0.141. The van der Waals surface area contributed by atoms with Gasteiger partial charge in [-0.15, -0.1) is 0 Å². The number of nitrogens with zero attached hydrogens (tertiary/aromatic N) is 4. The highest BCUT2D eigenvalue weighted by Gasteiger charge is 2.33. The van der Waals surface area contributed by atoms with Gasteiger partial charge in [-0.3, -0.25) is 4.98 Å². The molecule has 0 unspecified atom stereocenters. The normalized spacial score (nSPS) is 13.4. The van der Waals surface area contributed by atoms with E-state index in [1.54, 1.807) is 18.0 Å². The molecular weight excluding hydrogens is 376 g/mol. The van der Waals surface area contributed by atoms with Crippen molar-refractivity contribution in [1.29, 1.82) is 0 Å². The quantitative estimate of drug-likeness (QED) is 0.604. The van der Waals surface area contributed by atoms with Crippen LogP contribution in [-0.4, -0.2) is 28.9 Å². The van der Waals surface area contributed by atoms with Crippen LogP contribution in [0.4, 0.5) is 23.4 Å². The number of halogens is 4. The van der Waals surface area contributed by atoms with Gasteiger partial charge in [0.2, 0.25) is 0 Å². The van der Waals surface area contributed by atoms with Crippen molar-refractivity contribution < 1.29 is 22.3 Å². The minimum Gasteiger partial charge on any atom is -0.494 e. The van der Waals surface area contributed by atoms with E-state index in [9.17, 15) is 17.6 Å². The Hall–Kier alpha value is -3.36. The number of anilines is 1. The third-order valence-corrected chi connectivity index (χ3v) is 4.59. The Kier molecular flexibility index (Phi) is 3.91. The zero-order valence-corrected chi connectivity index (χ0v) is 14.9. The molecule has 0 spiro atoms. The van der Waals surface area contributed by atoms with Crippen molar-refractivity contribution in [3.63, 3.8) is 0 Å². The van der Waals surface area contributed by atoms with Crippen LogP contribution >= 0.6 is 0 Å². The lowest BCUT2D eigenvalue weighted by Gasteiger charge is -2.29. The number of aromatic nitrogens is 3. The molecule has 5 nitrogen and oxygen atoms in total. The minimum absolute atomic E-state index is 0.0630. The largest absolute Gasteiger partial charge is 0.494 e. The molecule has 0 amide bonds. The van der Waals surface area contributed by atoms with E-state index in [-0.39, 0.29) is 11.3 Å². The maximum absolute atomic E-state index is 14.3. The molecule has 1 aliphatic rings. The first-order valence-electron chi connectivity index (χ1n) is 8.15. The second-order valence-corrected chi connectivity index (χ2v) is 6.24. The number of benzene rings is 1. The summed E-state index contributed by atoms with van der Waals surface area (Å²) >= 11 is 0. The number of hydrogen-bond acceptors (Lipinski definition) is 4. The Morgan fingerprint density at radius 1 is 1.14 bits per heavy atom. The van der Waals surface area contributed by atoms with Crippen molar-refractivity contribution in [3.05, 3.63) is 60.2 Å². The Balaban J connectivity index is 1.89. The summed E-state index contributed by atoms with van der Waals surface area (Å²) in [4.78, 5) is 5.09. The molecule has 0 fully saturated rings. The topological polar surface area (TPSA) is 43.2 Å². The second-order valence-electron chi connectivity index (χ2n) is 6.24. The van der Waals surface area contributed by atoms with Crippen molar-refractivity contribution in [2.45, 2.75) is 6.18 Å². The van der Waals surface area contributed by atoms with Gasteiger partial charge in [0.25, 0.3) is 0 Å². The van der Waals surface area contributed by atoms with Gasteiger partial charge in [-0.05, 0) is 18.2 Å². The maximum atomic E-state index is 14.3. The smallest absolute Gasteiger partial charge is 0.433 e. The van der Waals surface area contributed by atoms with Crippen molar-refractivity contribution in [2.24, 2.45) is 0 Å². The Labute approximate surface area is 157 Å². The fourth-order valence-electron chi connectivity index (χ4n) is 3.10. The van der Waals surface area contributed by atoms with Crippen LogP contribution in [0.25, 0.3) is 22.6 Å². The molecule has 3 aromatic rings. The number of rotatable bonds is 2. The molecule has 144 valence electrons. The van der Waals surface area contributed by atoms with Crippen LogP contribution in [-0.2, 0) is 6.18 Å². The Morgan fingerprint density at radius 2 is 1.89 bits per heavy atom. The van der Waals surface area contributed by atoms with Crippen molar-refractivity contribution in [3.8, 4) is 22.7 Å². The SMILES string of the molecule is C=C1c2cc(OC)c(F)cc2-n2nc(-c3ccnc(C(F)(F)F)c3)cc2N1C. The third-order valence-electron chi connectivity index (χ3n) is 4.59. The molecule has 4 rings (SSSR count). The lowest BCUT2D eigenvalue weighted by atomic mass is 10.1. The number of pyridine rings is 1. The molecule has 0 bridgehead atoms. The summed E-state index contributed by atoms with van der Waals surface area (Å²) in [6.07, 6.45) is -3.48. The van der Waals surface area contributed by atoms with Crippen LogP contribution in [0.1, 0.15) is 11.3 Å². The first kappa shape index (κ1) is 18.0. The lowest BCUT2D eigenvalue weighted by Crippen LogP contribution is -2.24. The molecule has 1 aromatic carbocycles. The molecule has 0 atom stereocenters. The monoisotopic (exact) mass is 390 g/mol. The summed E-state index contributed by atoms with van der Waals surface area (Å²) in [6, 6.07) is 6.76. The zero-order valence-electron chi connectivity index (χ0n) is 14.9. The Morgan fingerprint density at radius 3 is 2.57 bits per heavy atom. The minimum atomic E-state index is -4.56. The van der Waals surface area contributed by atoms with E-state index in [1.165, 1.54) is 30.0 Å². The number of ether oxygens (including phenoxy) is 1. The predicted octanol–water partition coefficient (Wildman–Crippen LogP) is 4.52. The van der Waals surface area contributed by atoms with Gasteiger partial charge in [0.05, 0.1) is 18.5 Å². The number of hydrogen-bond donors (Lipinski definition) is 0. The molecule has 2 aromatic heterocycles. The van der Waals surface area contributed by atoms with Gasteiger partial charge in [-0.2, -0.15) is 18.3 Å². The third kappa shape index (κ3) is 2.70. The summed E-state index contributed by atoms with van der Waals surface area (Å²) in [5.74, 6) is 0.0281. The van der Waals surface area contributed by atoms with Gasteiger partial charge in [-0.1, -0.05) is 6.58 Å². The summed E-state index contributed by atoms with van der Waals surface area (Å²) in [5, 5.41) is 4.40. The van der Waals surface area contributed by atoms with Crippen molar-refractivity contribution >= 4 is 11.5 Å². The van der Waals surface area contributed by atoms with Gasteiger partial charge >= 0.3 is 6.18 Å². The van der Waals surface area contributed by atoms with Crippen molar-refractivity contribution in [1.82, 2.24) is 14.8 Å². The van der Waals surface area contributed by atoms with Crippen LogP contribution in [0.15, 0.2) is 43.1 Å². The molecule has 1 aliphatic heterocycles. The summed E-state index contributed by atoms with van der Waals surface area (Å²) in [7, 11) is 3.10. The van der Waals surface area contributed by atoms with Gasteiger partial charge in [0.15, 0.2) is 11.6 Å². The van der Waals surface area contributed by atoms with Crippen LogP contribution in [0.3, 0.4) is 0 Å². The fraction of sp³-hybridized carbons (Fsp3) is 0.158. The maximum Gasteiger partial charge on any atom is 0.433 e. The summed E-state index contributed by atoms with van der Waals surface area (Å²) in [5.41, 5.74) is 1.15. The van der Waals surface area contributed by atoms with Crippen LogP contribution in [0.5, 0.6) is 5.75 Å². The van der Waals surface area contributed by atoms with E-state index in [0.29, 0.717) is 28.5 Å². The molecular formula is C19H14F4N4O. The average molecular weight is 390 g/mol. The predicted molar refractivity (Wildman–Crippen MR) is 95.7 cm³/mol. The number of methoxy groups -OCH3 is 1. The highest BCUT2D eigenvalue weighted by Crippen LogP contribution is 2.40. The fourth-order valence-corrected chi connectivity index (χ4v) is 3.10. The number of fused-ring (bicyclic) bond motifs is 3. The summed E-state index contributed by atoms with van der Waals surface area (Å²) in [6.45, 7) is 4.02. The van der Waals surface area contributed by atoms with Crippen LogP contribution in [0.2, 0.25) is 0 Å². The van der Waals surface area contributed by atoms with Crippen LogP contribution in [0, 0.1) is 5.82 Å². The van der Waals surface area contributed by atoms with Gasteiger partial charge in [0, 0.05) is 42.2 Å². The molecule has 0 N–H and O–H groups in total. The van der Waals surface area contributed by atoms with E-state index in [4.69, 9.17) is 4.74 Å². The Bertz CT molecular complexity index is 1100. The van der Waals surface area contributed by atoms with Gasteiger partial charge in [0.1, 0.15) is 11.5 Å². The highest BCUT2D eigenvalue weighted by atomic mass is 19.4. The number of alkyl halides is 3. The van der Waals surface area contributed by atoms with E-state index in [1.807, 2.05) is 0 Å². The van der Waals surface area contributed by atoms with Gasteiger partial charge < -0.3 is 9.64 Å². The van der Waals surface area contributed by atoms with Crippen molar-refractivity contribution in [2.75, 3.05) is 19.1 Å². The molecule has 0 saturated carbocycles. The molecule has 0 saturated heterocycles. The molecule has 0 aliphatic carbocycles. The second kappa shape index (κ2) is 6.08. The van der Waals surface area contributed by atoms with E-state index >= 15 is 0 Å². The van der Waals surface area contributed by atoms with E-state index in [2.05, 4.69) is 16.7 Å². The zero-order chi connectivity index (χ0) is 20.2. The highest BCUT2D eigenvalue weighted by molar-refractivity contribution is 5.86. The van der Waals surface area contributed by atoms with E-state index < -0.39 is 17.7 Å². The molecule has 3 heterocycles. The molecule has 9 heteroatoms. The van der Waals surface area contributed by atoms with Gasteiger partial charge in [-0.25, -0.2) is 9.07 Å². The average Bonchev–Trinajstić information content (AvgIpc) is 3.11. The van der Waals surface area contributed by atoms with Crippen LogP contribution < -0.4 is 9.64 Å². The summed E-state index contributed by atoms with van der Waals surface area (Å²) < 4.78 is 59.7. The standard InChI is InChI=1S/C19H14F4N4O/c1-10-12-7-16(28-3)13(20)8-15(12)27-18(26(10)2)9-14(25-27)11-4-5-24-17(6-11)19(21,22)23/h4-9H,1H2,2-3H3.